The number of alkyl halides is 5. The first-order valence-corrected chi connectivity index (χ1v) is 2.17. The van der Waals surface area contributed by atoms with E-state index >= 15 is 0 Å². The molecule has 60 valence electrons. The van der Waals surface area contributed by atoms with Crippen LogP contribution in [-0.2, 0) is 0 Å². The minimum absolute atomic E-state index is 0.479. The van der Waals surface area contributed by atoms with Crippen LogP contribution >= 0.6 is 0 Å². The fourth-order valence-electron chi connectivity index (χ4n) is 0.177. The van der Waals surface area contributed by atoms with Gasteiger partial charge in [0.1, 0.15) is 0 Å². The van der Waals surface area contributed by atoms with Crippen molar-refractivity contribution in [1.82, 2.24) is 0 Å². The summed E-state index contributed by atoms with van der Waals surface area (Å²) in [5.41, 5.74) is 0. The largest absolute Gasteiger partial charge is 0.466 e. The van der Waals surface area contributed by atoms with Crippen molar-refractivity contribution < 1.29 is 22.0 Å². The van der Waals surface area contributed by atoms with E-state index in [0.717, 1.165) is 12.0 Å². The van der Waals surface area contributed by atoms with Crippen molar-refractivity contribution in [2.45, 2.75) is 12.1 Å². The normalized spacial score (nSPS) is 11.3. The fraction of sp³-hybridized carbons (Fsp3) is 0.400. The summed E-state index contributed by atoms with van der Waals surface area (Å²) in [7, 11) is 0. The monoisotopic (exact) mass is 169 g/mol. The van der Waals surface area contributed by atoms with E-state index in [1.807, 2.05) is 0 Å². The Kier molecular flexibility index (Phi) is 2.42. The lowest BCUT2D eigenvalue weighted by Gasteiger charge is -2.11. The van der Waals surface area contributed by atoms with Crippen molar-refractivity contribution in [3.8, 4) is 17.9 Å². The highest BCUT2D eigenvalue weighted by atomic mass is 19.4. The van der Waals surface area contributed by atoms with Crippen LogP contribution in [0.25, 0.3) is 0 Å². The summed E-state index contributed by atoms with van der Waals surface area (Å²) in [6.07, 6.45) is -5.71. The lowest BCUT2D eigenvalue weighted by molar-refractivity contribution is -0.254. The standard InChI is InChI=1S/C5F5N/c6-4(7,2-1-3-11)5(8,9)10. The molecule has 0 rings (SSSR count). The summed E-state index contributed by atoms with van der Waals surface area (Å²) >= 11 is 0. The third kappa shape index (κ3) is 2.42. The van der Waals surface area contributed by atoms with E-state index < -0.39 is 12.1 Å². The van der Waals surface area contributed by atoms with Crippen LogP contribution in [0, 0.1) is 23.2 Å². The second kappa shape index (κ2) is 2.75. The number of hydrogen-bond donors (Lipinski definition) is 0. The molecule has 0 aliphatic carbocycles. The van der Waals surface area contributed by atoms with E-state index in [1.165, 1.54) is 0 Å². The van der Waals surface area contributed by atoms with Crippen molar-refractivity contribution in [3.05, 3.63) is 0 Å². The van der Waals surface area contributed by atoms with Crippen LogP contribution in [0.15, 0.2) is 0 Å². The summed E-state index contributed by atoms with van der Waals surface area (Å²) in [6.45, 7) is 0. The minimum Gasteiger partial charge on any atom is -0.183 e. The number of nitriles is 1. The van der Waals surface area contributed by atoms with Crippen molar-refractivity contribution in [3.63, 3.8) is 0 Å². The van der Waals surface area contributed by atoms with Crippen molar-refractivity contribution >= 4 is 0 Å². The molecule has 0 unspecified atom stereocenters. The average molecular weight is 169 g/mol. The second-order valence-corrected chi connectivity index (χ2v) is 1.43. The molecule has 0 spiro atoms. The molecule has 0 aliphatic heterocycles. The molecule has 0 heterocycles. The summed E-state index contributed by atoms with van der Waals surface area (Å²) in [5.74, 6) is -3.63. The van der Waals surface area contributed by atoms with Gasteiger partial charge < -0.3 is 0 Å². The van der Waals surface area contributed by atoms with Crippen molar-refractivity contribution in [2.24, 2.45) is 0 Å². The molecule has 0 aromatic rings. The molecule has 0 saturated heterocycles. The maximum absolute atomic E-state index is 11.7. The third-order valence-electron chi connectivity index (χ3n) is 0.631. The zero-order chi connectivity index (χ0) is 9.12. The summed E-state index contributed by atoms with van der Waals surface area (Å²) in [5, 5.41) is 7.57. The van der Waals surface area contributed by atoms with Gasteiger partial charge in [-0.2, -0.15) is 27.2 Å². The number of nitrogens with zero attached hydrogens (tertiary/aromatic N) is 1. The van der Waals surface area contributed by atoms with Gasteiger partial charge in [0, 0.05) is 5.92 Å². The minimum atomic E-state index is -5.71. The zero-order valence-electron chi connectivity index (χ0n) is 4.84. The third-order valence-corrected chi connectivity index (χ3v) is 0.631. The average Bonchev–Trinajstić information content (AvgIpc) is 1.81. The highest BCUT2D eigenvalue weighted by molar-refractivity contribution is 5.22. The molecule has 0 aromatic carbocycles. The lowest BCUT2D eigenvalue weighted by Crippen LogP contribution is -2.34. The van der Waals surface area contributed by atoms with Crippen LogP contribution in [0.2, 0.25) is 0 Å². The van der Waals surface area contributed by atoms with Crippen LogP contribution in [0.4, 0.5) is 22.0 Å². The van der Waals surface area contributed by atoms with Gasteiger partial charge in [0.25, 0.3) is 0 Å². The molecule has 11 heavy (non-hydrogen) atoms. The maximum atomic E-state index is 11.7. The van der Waals surface area contributed by atoms with E-state index in [9.17, 15) is 22.0 Å². The van der Waals surface area contributed by atoms with E-state index in [4.69, 9.17) is 5.26 Å². The second-order valence-electron chi connectivity index (χ2n) is 1.43. The van der Waals surface area contributed by atoms with Gasteiger partial charge in [0.05, 0.1) is 0 Å². The molecule has 0 fully saturated rings. The molecule has 6 heteroatoms. The topological polar surface area (TPSA) is 23.8 Å². The summed E-state index contributed by atoms with van der Waals surface area (Å²) in [4.78, 5) is 0. The van der Waals surface area contributed by atoms with Crippen LogP contribution in [-0.4, -0.2) is 12.1 Å². The first-order valence-electron chi connectivity index (χ1n) is 2.17. The SMILES string of the molecule is N#CC#CC(F)(F)C(F)(F)F. The lowest BCUT2D eigenvalue weighted by atomic mass is 10.3. The summed E-state index contributed by atoms with van der Waals surface area (Å²) < 4.78 is 56.9. The molecule has 0 bridgehead atoms. The van der Waals surface area contributed by atoms with Crippen LogP contribution in [0.1, 0.15) is 0 Å². The molecule has 0 atom stereocenters. The smallest absolute Gasteiger partial charge is 0.183 e. The molecule has 0 amide bonds. The molecule has 0 radical (unpaired) electrons. The number of halogens is 5. The van der Waals surface area contributed by atoms with Gasteiger partial charge in [-0.1, -0.05) is 0 Å². The Balaban J connectivity index is 4.64. The van der Waals surface area contributed by atoms with Gasteiger partial charge >= 0.3 is 12.1 Å². The summed E-state index contributed by atoms with van der Waals surface area (Å²) in [6, 6.07) is 0.855. The Morgan fingerprint density at radius 3 is 1.73 bits per heavy atom. The van der Waals surface area contributed by atoms with E-state index in [0.29, 0.717) is 5.92 Å². The van der Waals surface area contributed by atoms with E-state index in [1.54, 1.807) is 0 Å². The predicted octanol–water partition coefficient (Wildman–Crippen LogP) is 1.71. The Morgan fingerprint density at radius 2 is 1.45 bits per heavy atom. The Labute approximate surface area is 58.4 Å². The molecule has 0 N–H and O–H groups in total. The molecule has 1 nitrogen and oxygen atoms in total. The van der Waals surface area contributed by atoms with E-state index in [2.05, 4.69) is 0 Å². The van der Waals surface area contributed by atoms with Crippen LogP contribution in [0.3, 0.4) is 0 Å². The van der Waals surface area contributed by atoms with Crippen molar-refractivity contribution in [2.75, 3.05) is 0 Å². The van der Waals surface area contributed by atoms with Crippen LogP contribution < -0.4 is 0 Å². The van der Waals surface area contributed by atoms with E-state index in [-0.39, 0.29) is 0 Å². The quantitative estimate of drug-likeness (QED) is 0.400. The van der Waals surface area contributed by atoms with Gasteiger partial charge in [-0.15, -0.1) is 0 Å². The van der Waals surface area contributed by atoms with Crippen LogP contribution in [0.5, 0.6) is 0 Å². The highest BCUT2D eigenvalue weighted by Crippen LogP contribution is 2.34. The molecule has 0 saturated carbocycles. The van der Waals surface area contributed by atoms with Gasteiger partial charge in [-0.05, 0) is 5.92 Å². The van der Waals surface area contributed by atoms with Gasteiger partial charge in [-0.3, -0.25) is 0 Å². The molecule has 0 aliphatic rings. The fourth-order valence-corrected chi connectivity index (χ4v) is 0.177. The number of rotatable bonds is 0. The maximum Gasteiger partial charge on any atom is 0.466 e. The predicted molar refractivity (Wildman–Crippen MR) is 24.4 cm³/mol. The zero-order valence-corrected chi connectivity index (χ0v) is 4.84. The molecular formula is C5F5N. The number of hydrogen-bond acceptors (Lipinski definition) is 1. The molecule has 0 aromatic heterocycles. The Hall–Kier alpha value is -1.30. The van der Waals surface area contributed by atoms with Gasteiger partial charge in [0.15, 0.2) is 6.07 Å². The van der Waals surface area contributed by atoms with Crippen molar-refractivity contribution in [1.29, 1.82) is 5.26 Å². The Bertz CT molecular complexity index is 234. The van der Waals surface area contributed by atoms with Gasteiger partial charge in [-0.25, -0.2) is 0 Å². The van der Waals surface area contributed by atoms with Gasteiger partial charge in [0.2, 0.25) is 0 Å². The highest BCUT2D eigenvalue weighted by Gasteiger charge is 2.56. The molecular weight excluding hydrogens is 169 g/mol. The first kappa shape index (κ1) is 9.70. The first-order chi connectivity index (χ1) is 4.81. The Morgan fingerprint density at radius 1 is 1.00 bits per heavy atom.